The number of benzene rings is 3. The van der Waals surface area contributed by atoms with E-state index in [1.165, 1.54) is 36.4 Å². The average molecular weight is 1070 g/mol. The summed E-state index contributed by atoms with van der Waals surface area (Å²) in [5, 5.41) is 28.9. The standard InChI is InChI=1S/C35H41N8O21P3S2/c1-42(26-11-6-23(7-12-26)39-41-28-15-10-25(18-31(28)69(58,59)60)40-38-24-8-13-27(14-9-24)68(55,56)57)17-3-5-32(45)36-16-2-4-22-20-43(35(47)37-34(22)46)33-19-29(44)30(62-33)21-61-66(51,52)64-67(53,54)63-65(48,49)50/h2,4,6-15,18,20,29-30,33,44H,3,5,16-17,19,21H2,1H3,(H,36,45)(H,51,52)(H,53,54)(H,37,46,47)(H2,48,49,50)(H,55,56,57)(H,58,59,60)/b4-2+,40-38?,41-39?/t29-,30+,33+/m0/s1. The Balaban J connectivity index is 1.08. The molecule has 0 aliphatic carbocycles. The minimum Gasteiger partial charge on any atom is -0.390 e. The summed E-state index contributed by atoms with van der Waals surface area (Å²) in [4.78, 5) is 76.8. The van der Waals surface area contributed by atoms with Crippen molar-refractivity contribution in [2.45, 2.75) is 47.5 Å². The predicted molar refractivity (Wildman–Crippen MR) is 238 cm³/mol. The van der Waals surface area contributed by atoms with Crippen molar-refractivity contribution in [3.63, 3.8) is 0 Å². The summed E-state index contributed by atoms with van der Waals surface area (Å²) in [5.74, 6) is -0.327. The Morgan fingerprint density at radius 2 is 1.49 bits per heavy atom. The second kappa shape index (κ2) is 22.6. The van der Waals surface area contributed by atoms with Crippen LogP contribution in [0, 0.1) is 0 Å². The van der Waals surface area contributed by atoms with E-state index in [0.29, 0.717) is 18.7 Å². The third kappa shape index (κ3) is 17.0. The molecule has 1 aliphatic rings. The highest BCUT2D eigenvalue weighted by Gasteiger charge is 2.43. The van der Waals surface area contributed by atoms with Gasteiger partial charge >= 0.3 is 29.2 Å². The maximum absolute atomic E-state index is 12.6. The fourth-order valence-corrected chi connectivity index (χ4v) is 10.1. The summed E-state index contributed by atoms with van der Waals surface area (Å²) >= 11 is 0. The van der Waals surface area contributed by atoms with Crippen LogP contribution in [0.3, 0.4) is 0 Å². The van der Waals surface area contributed by atoms with Crippen molar-refractivity contribution in [2.24, 2.45) is 20.5 Å². The average Bonchev–Trinajstić information content (AvgIpc) is 3.61. The molecule has 0 bridgehead atoms. The lowest BCUT2D eigenvalue weighted by Crippen LogP contribution is -2.33. The number of nitrogens with one attached hydrogen (secondary N) is 2. The lowest BCUT2D eigenvalue weighted by Gasteiger charge is -2.19. The minimum absolute atomic E-state index is 0.00423. The molecule has 29 nitrogen and oxygen atoms in total. The second-order valence-electron chi connectivity index (χ2n) is 14.3. The molecule has 2 heterocycles. The van der Waals surface area contributed by atoms with Crippen LogP contribution in [0.4, 0.5) is 28.4 Å². The van der Waals surface area contributed by atoms with E-state index in [-0.39, 0.29) is 52.8 Å². The Morgan fingerprint density at radius 3 is 2.12 bits per heavy atom. The molecule has 1 aromatic heterocycles. The molecule has 1 aliphatic heterocycles. The number of amides is 1. The summed E-state index contributed by atoms with van der Waals surface area (Å²) in [6.07, 6.45) is -0.149. The molecule has 2 unspecified atom stereocenters. The lowest BCUT2D eigenvalue weighted by molar-refractivity contribution is -0.120. The van der Waals surface area contributed by atoms with E-state index < -0.39 is 84.9 Å². The molecule has 1 amide bonds. The minimum atomic E-state index is -5.80. The number of hydrogen-bond acceptors (Lipinski definition) is 20. The summed E-state index contributed by atoms with van der Waals surface area (Å²) < 4.78 is 118. The summed E-state index contributed by atoms with van der Waals surface area (Å²) in [5.41, 5.74) is -0.807. The van der Waals surface area contributed by atoms with E-state index in [0.717, 1.165) is 34.7 Å². The quantitative estimate of drug-likeness (QED) is 0.0306. The van der Waals surface area contributed by atoms with Crippen LogP contribution in [-0.2, 0) is 56.6 Å². The van der Waals surface area contributed by atoms with Crippen LogP contribution in [0.5, 0.6) is 0 Å². The molecular weight excluding hydrogens is 1030 g/mol. The van der Waals surface area contributed by atoms with Gasteiger partial charge in [-0.15, -0.1) is 5.11 Å². The van der Waals surface area contributed by atoms with Gasteiger partial charge in [-0.25, -0.2) is 18.5 Å². The fourth-order valence-electron chi connectivity index (χ4n) is 5.93. The van der Waals surface area contributed by atoms with Crippen molar-refractivity contribution in [3.05, 3.63) is 105 Å². The first-order valence-corrected chi connectivity index (χ1v) is 26.7. The van der Waals surface area contributed by atoms with Crippen molar-refractivity contribution in [2.75, 3.05) is 31.6 Å². The fraction of sp³-hybridized carbons (Fsp3) is 0.286. The third-order valence-corrected chi connectivity index (χ3v) is 14.7. The van der Waals surface area contributed by atoms with E-state index in [1.807, 2.05) is 4.90 Å². The Morgan fingerprint density at radius 1 is 0.884 bits per heavy atom. The number of phosphoric acid groups is 3. The highest BCUT2D eigenvalue weighted by atomic mass is 32.2. The first-order valence-electron chi connectivity index (χ1n) is 19.3. The molecule has 0 radical (unpaired) electrons. The molecule has 0 saturated carbocycles. The van der Waals surface area contributed by atoms with Crippen LogP contribution in [0.1, 0.15) is 31.1 Å². The van der Waals surface area contributed by atoms with Crippen LogP contribution in [-0.4, -0.2) is 105 Å². The number of nitrogens with zero attached hydrogens (tertiary/aromatic N) is 6. The number of H-pyrrole nitrogens is 1. The van der Waals surface area contributed by atoms with Gasteiger partial charge < -0.3 is 39.6 Å². The zero-order valence-corrected chi connectivity index (χ0v) is 39.6. The predicted octanol–water partition coefficient (Wildman–Crippen LogP) is 3.90. The number of phosphoric ester groups is 1. The number of hydrogen-bond donors (Lipinski definition) is 9. The zero-order chi connectivity index (χ0) is 51.0. The Kier molecular flexibility index (Phi) is 17.9. The van der Waals surface area contributed by atoms with Crippen molar-refractivity contribution in [1.82, 2.24) is 14.9 Å². The molecule has 374 valence electrons. The van der Waals surface area contributed by atoms with Gasteiger partial charge in [0.05, 0.1) is 40.2 Å². The highest BCUT2D eigenvalue weighted by Crippen LogP contribution is 2.66. The van der Waals surface area contributed by atoms with Gasteiger partial charge in [0.15, 0.2) is 0 Å². The van der Waals surface area contributed by atoms with Gasteiger partial charge in [0, 0.05) is 44.9 Å². The number of aliphatic hydroxyl groups excluding tert-OH is 1. The molecule has 5 atom stereocenters. The van der Waals surface area contributed by atoms with Crippen LogP contribution >= 0.6 is 23.5 Å². The van der Waals surface area contributed by atoms with E-state index >= 15 is 0 Å². The van der Waals surface area contributed by atoms with Crippen molar-refractivity contribution in [1.29, 1.82) is 0 Å². The number of rotatable bonds is 22. The van der Waals surface area contributed by atoms with Crippen molar-refractivity contribution >= 4 is 84.1 Å². The highest BCUT2D eigenvalue weighted by molar-refractivity contribution is 7.86. The molecular formula is C35H41N8O21P3S2. The summed E-state index contributed by atoms with van der Waals surface area (Å²) in [6, 6.07) is 14.9. The van der Waals surface area contributed by atoms with E-state index in [1.54, 1.807) is 31.3 Å². The van der Waals surface area contributed by atoms with Crippen LogP contribution < -0.4 is 21.5 Å². The third-order valence-electron chi connectivity index (χ3n) is 9.14. The first kappa shape index (κ1) is 54.6. The summed E-state index contributed by atoms with van der Waals surface area (Å²) in [6.45, 7) is -0.570. The first-order chi connectivity index (χ1) is 32.1. The molecule has 3 aromatic carbocycles. The van der Waals surface area contributed by atoms with Gasteiger partial charge in [-0.3, -0.25) is 32.8 Å². The van der Waals surface area contributed by atoms with E-state index in [2.05, 4.69) is 43.9 Å². The monoisotopic (exact) mass is 1070 g/mol. The summed E-state index contributed by atoms with van der Waals surface area (Å²) in [7, 11) is -24.4. The van der Waals surface area contributed by atoms with E-state index in [4.69, 9.17) is 19.1 Å². The number of azo groups is 2. The van der Waals surface area contributed by atoms with Crippen molar-refractivity contribution < 1.29 is 87.0 Å². The van der Waals surface area contributed by atoms with Gasteiger partial charge in [-0.1, -0.05) is 12.2 Å². The van der Waals surface area contributed by atoms with Crippen LogP contribution in [0.25, 0.3) is 6.08 Å². The van der Waals surface area contributed by atoms with Crippen LogP contribution in [0.15, 0.2) is 119 Å². The molecule has 9 N–H and O–H groups in total. The Bertz CT molecular complexity index is 3110. The molecule has 34 heteroatoms. The van der Waals surface area contributed by atoms with Gasteiger partial charge in [0.25, 0.3) is 25.8 Å². The molecule has 69 heavy (non-hydrogen) atoms. The van der Waals surface area contributed by atoms with Gasteiger partial charge in [-0.2, -0.15) is 40.8 Å². The molecule has 1 fully saturated rings. The van der Waals surface area contributed by atoms with E-state index in [9.17, 15) is 64.4 Å². The van der Waals surface area contributed by atoms with Crippen LogP contribution in [0.2, 0.25) is 0 Å². The number of aliphatic hydroxyl groups is 1. The topological polar surface area (TPSA) is 435 Å². The number of aromatic nitrogens is 2. The van der Waals surface area contributed by atoms with Gasteiger partial charge in [0.1, 0.15) is 22.9 Å². The van der Waals surface area contributed by atoms with Crippen molar-refractivity contribution in [3.8, 4) is 0 Å². The number of carbonyl (C=O) groups is 1. The maximum atomic E-state index is 12.6. The Hall–Kier alpha value is -5.30. The second-order valence-corrected chi connectivity index (χ2v) is 21.5. The number of anilines is 1. The van der Waals surface area contributed by atoms with Gasteiger partial charge in [0.2, 0.25) is 5.91 Å². The van der Waals surface area contributed by atoms with Gasteiger partial charge in [-0.05, 0) is 73.2 Å². The maximum Gasteiger partial charge on any atom is 0.490 e. The Labute approximate surface area is 389 Å². The molecule has 5 rings (SSSR count). The lowest BCUT2D eigenvalue weighted by atomic mass is 10.2. The number of aromatic amines is 1. The largest absolute Gasteiger partial charge is 0.490 e. The molecule has 0 spiro atoms. The zero-order valence-electron chi connectivity index (χ0n) is 35.2. The smallest absolute Gasteiger partial charge is 0.390 e. The molecule has 4 aromatic rings. The SMILES string of the molecule is CN(CCCC(=O)NC/C=C/c1cn([C@H]2C[C@H](O)[C@@H](COP(=O)(O)OP(=O)(O)OP(=O)(O)O)O2)c(=O)[nH]c1=O)c1ccc(N=Nc2ccc(N=Nc3ccc(S(=O)(=O)O)cc3)cc2S(=O)(=O)O)cc1. The number of ether oxygens (including phenoxy) is 1. The normalized spacial score (nSPS) is 18.7. The molecule has 1 saturated heterocycles. The number of carbonyl (C=O) groups excluding carboxylic acids is 1.